The molecular weight excluding hydrogens is 325 g/mol. The summed E-state index contributed by atoms with van der Waals surface area (Å²) in [7, 11) is -4.63. The number of fused-ring (bicyclic) bond motifs is 1. The summed E-state index contributed by atoms with van der Waals surface area (Å²) in [5, 5.41) is 7.01. The van der Waals surface area contributed by atoms with E-state index in [1.54, 1.807) is 0 Å². The van der Waals surface area contributed by atoms with Gasteiger partial charge < -0.3 is 0 Å². The number of anilines is 1. The number of nitrogens with one attached hydrogen (secondary N) is 1. The van der Waals surface area contributed by atoms with Gasteiger partial charge in [-0.2, -0.15) is 23.5 Å². The lowest BCUT2D eigenvalue weighted by molar-refractivity contribution is -0.117. The minimum absolute atomic E-state index is 0.0258. The van der Waals surface area contributed by atoms with E-state index in [4.69, 9.17) is 11.6 Å². The van der Waals surface area contributed by atoms with Gasteiger partial charge in [-0.1, -0.05) is 11.6 Å². The Morgan fingerprint density at radius 3 is 2.95 bits per heavy atom. The summed E-state index contributed by atoms with van der Waals surface area (Å²) in [5.41, 5.74) is 0.361. The Labute approximate surface area is 123 Å². The molecule has 2 aromatic rings. The lowest BCUT2D eigenvalue weighted by Crippen LogP contribution is -2.27. The predicted molar refractivity (Wildman–Crippen MR) is 72.0 cm³/mol. The summed E-state index contributed by atoms with van der Waals surface area (Å²) >= 11 is 5.97. The quantitative estimate of drug-likeness (QED) is 0.652. The van der Waals surface area contributed by atoms with Gasteiger partial charge in [0, 0.05) is 18.9 Å². The van der Waals surface area contributed by atoms with Gasteiger partial charge >= 0.3 is 10.2 Å². The van der Waals surface area contributed by atoms with Crippen molar-refractivity contribution in [2.75, 3.05) is 17.2 Å². The molecule has 3 rings (SSSR count). The minimum atomic E-state index is -4.63. The van der Waals surface area contributed by atoms with Crippen molar-refractivity contribution in [1.29, 1.82) is 0 Å². The van der Waals surface area contributed by atoms with Crippen molar-refractivity contribution in [3.8, 4) is 0 Å². The largest absolute Gasteiger partial charge is 0.302 e. The van der Waals surface area contributed by atoms with E-state index in [-0.39, 0.29) is 30.0 Å². The third kappa shape index (κ3) is 2.81. The van der Waals surface area contributed by atoms with Crippen LogP contribution in [0.15, 0.2) is 6.20 Å². The Kier molecular flexibility index (Phi) is 3.29. The van der Waals surface area contributed by atoms with Crippen LogP contribution >= 0.6 is 11.6 Å². The van der Waals surface area contributed by atoms with E-state index < -0.39 is 21.9 Å². The summed E-state index contributed by atoms with van der Waals surface area (Å²) in [6, 6.07) is 0. The van der Waals surface area contributed by atoms with Crippen molar-refractivity contribution in [3.05, 3.63) is 11.3 Å². The van der Waals surface area contributed by atoms with Crippen molar-refractivity contribution >= 4 is 44.7 Å². The van der Waals surface area contributed by atoms with E-state index >= 15 is 0 Å². The van der Waals surface area contributed by atoms with Crippen molar-refractivity contribution in [2.45, 2.75) is 6.42 Å². The van der Waals surface area contributed by atoms with Crippen LogP contribution in [0.2, 0.25) is 5.15 Å². The maximum absolute atomic E-state index is 12.7. The molecule has 1 aliphatic rings. The zero-order chi connectivity index (χ0) is 15.2. The summed E-state index contributed by atoms with van der Waals surface area (Å²) in [5.74, 6) is -1.67. The fraction of sp³-hybridized carbons (Fsp3) is 0.400. The molecule has 1 saturated heterocycles. The second kappa shape index (κ2) is 4.88. The molecule has 8 nitrogen and oxygen atoms in total. The molecule has 112 valence electrons. The lowest BCUT2D eigenvalue weighted by atomic mass is 10.1. The van der Waals surface area contributed by atoms with Gasteiger partial charge in [-0.15, -0.1) is 3.89 Å². The zero-order valence-electron chi connectivity index (χ0n) is 10.5. The molecule has 0 saturated carbocycles. The first-order chi connectivity index (χ1) is 9.83. The highest BCUT2D eigenvalue weighted by Gasteiger charge is 2.35. The van der Waals surface area contributed by atoms with Crippen LogP contribution in [0.25, 0.3) is 11.0 Å². The fourth-order valence-corrected chi connectivity index (χ4v) is 3.28. The number of hydrogen-bond donors (Lipinski definition) is 1. The van der Waals surface area contributed by atoms with Crippen LogP contribution in [-0.4, -0.2) is 46.8 Å². The predicted octanol–water partition coefficient (Wildman–Crippen LogP) is 0.659. The van der Waals surface area contributed by atoms with Gasteiger partial charge in [-0.25, -0.2) is 0 Å². The molecule has 3 heterocycles. The first kappa shape index (κ1) is 14.1. The summed E-state index contributed by atoms with van der Waals surface area (Å²) in [6.07, 6.45) is 1.37. The van der Waals surface area contributed by atoms with Gasteiger partial charge in [0.25, 0.3) is 0 Å². The molecule has 0 bridgehead atoms. The standard InChI is InChI=1S/C10H9ClFN5O3S/c11-8-6-2-13-16-9(6)15-10(14-8)17-3-5(1-7(17)18)4-21(12,19)20/h2,5H,1,3-4H2,(H,13,14,15,16). The van der Waals surface area contributed by atoms with E-state index in [0.717, 1.165) is 0 Å². The Morgan fingerprint density at radius 1 is 1.48 bits per heavy atom. The van der Waals surface area contributed by atoms with Crippen molar-refractivity contribution in [3.63, 3.8) is 0 Å². The van der Waals surface area contributed by atoms with Crippen LogP contribution in [0.5, 0.6) is 0 Å². The molecule has 1 N–H and O–H groups in total. The van der Waals surface area contributed by atoms with Crippen LogP contribution in [0, 0.1) is 5.92 Å². The third-order valence-electron chi connectivity index (χ3n) is 3.13. The van der Waals surface area contributed by atoms with E-state index in [0.29, 0.717) is 11.0 Å². The molecule has 0 radical (unpaired) electrons. The van der Waals surface area contributed by atoms with Crippen LogP contribution in [0.4, 0.5) is 9.83 Å². The van der Waals surface area contributed by atoms with Crippen LogP contribution in [-0.2, 0) is 15.0 Å². The average Bonchev–Trinajstić information content (AvgIpc) is 2.93. The topological polar surface area (TPSA) is 109 Å². The number of hydrogen-bond acceptors (Lipinski definition) is 6. The Hall–Kier alpha value is -1.81. The maximum atomic E-state index is 12.7. The van der Waals surface area contributed by atoms with Crippen LogP contribution in [0.3, 0.4) is 0 Å². The molecule has 1 aliphatic heterocycles. The van der Waals surface area contributed by atoms with Crippen molar-refractivity contribution in [1.82, 2.24) is 20.2 Å². The third-order valence-corrected chi connectivity index (χ3v) is 4.29. The molecule has 1 fully saturated rings. The first-order valence-corrected chi connectivity index (χ1v) is 7.86. The smallest absolute Gasteiger partial charge is 0.280 e. The van der Waals surface area contributed by atoms with Gasteiger partial charge in [0.1, 0.15) is 5.15 Å². The van der Waals surface area contributed by atoms with E-state index in [1.807, 2.05) is 0 Å². The van der Waals surface area contributed by atoms with Crippen molar-refractivity contribution in [2.24, 2.45) is 5.92 Å². The molecular formula is C10H9ClFN5O3S. The minimum Gasteiger partial charge on any atom is -0.280 e. The molecule has 0 spiro atoms. The van der Waals surface area contributed by atoms with Crippen LogP contribution in [0.1, 0.15) is 6.42 Å². The molecule has 0 aromatic carbocycles. The van der Waals surface area contributed by atoms with Gasteiger partial charge in [0.15, 0.2) is 5.65 Å². The number of halogens is 2. The molecule has 2 aromatic heterocycles. The fourth-order valence-electron chi connectivity index (χ4n) is 2.28. The first-order valence-electron chi connectivity index (χ1n) is 5.93. The maximum Gasteiger partial charge on any atom is 0.302 e. The van der Waals surface area contributed by atoms with Gasteiger partial charge in [-0.3, -0.25) is 14.8 Å². The number of aromatic nitrogens is 4. The zero-order valence-corrected chi connectivity index (χ0v) is 12.0. The molecule has 1 amide bonds. The van der Waals surface area contributed by atoms with Gasteiger partial charge in [0.2, 0.25) is 11.9 Å². The highest BCUT2D eigenvalue weighted by molar-refractivity contribution is 7.86. The molecule has 0 aliphatic carbocycles. The Balaban J connectivity index is 1.90. The Morgan fingerprint density at radius 2 is 2.24 bits per heavy atom. The highest BCUT2D eigenvalue weighted by Crippen LogP contribution is 2.27. The number of carbonyl (C=O) groups is 1. The molecule has 21 heavy (non-hydrogen) atoms. The second-order valence-corrected chi connectivity index (χ2v) is 6.50. The van der Waals surface area contributed by atoms with E-state index in [2.05, 4.69) is 20.2 Å². The van der Waals surface area contributed by atoms with Crippen LogP contribution < -0.4 is 4.90 Å². The van der Waals surface area contributed by atoms with Gasteiger partial charge in [-0.05, 0) is 0 Å². The summed E-state index contributed by atoms with van der Waals surface area (Å²) in [4.78, 5) is 21.2. The normalized spacial score (nSPS) is 19.6. The number of amides is 1. The number of H-pyrrole nitrogens is 1. The second-order valence-electron chi connectivity index (χ2n) is 4.73. The SMILES string of the molecule is O=C1CC(CS(=O)(=O)F)CN1c1nc(Cl)c2cn[nH]c2n1. The monoisotopic (exact) mass is 333 g/mol. The lowest BCUT2D eigenvalue weighted by Gasteiger charge is -2.14. The molecule has 1 atom stereocenters. The number of carbonyl (C=O) groups excluding carboxylic acids is 1. The number of nitrogens with zero attached hydrogens (tertiary/aromatic N) is 4. The molecule has 11 heteroatoms. The van der Waals surface area contributed by atoms with Crippen molar-refractivity contribution < 1.29 is 17.1 Å². The summed E-state index contributed by atoms with van der Waals surface area (Å²) in [6.45, 7) is 0.0258. The number of rotatable bonds is 3. The van der Waals surface area contributed by atoms with E-state index in [1.165, 1.54) is 11.1 Å². The van der Waals surface area contributed by atoms with Gasteiger partial charge in [0.05, 0.1) is 17.3 Å². The molecule has 1 unspecified atom stereocenters. The average molecular weight is 334 g/mol. The van der Waals surface area contributed by atoms with E-state index in [9.17, 15) is 17.1 Å². The number of aromatic amines is 1. The highest BCUT2D eigenvalue weighted by atomic mass is 35.5. The Bertz CT molecular complexity index is 823. The summed E-state index contributed by atoms with van der Waals surface area (Å²) < 4.78 is 34.0.